The molecule has 0 saturated carbocycles. The standard InChI is InChI=1S/C13H15NS/c1-10-7-8-11(2)14(10)12-5-4-6-13(9-12)15-3/h4-9H,1-3H3. The molecule has 0 fully saturated rings. The van der Waals surface area contributed by atoms with E-state index in [0.29, 0.717) is 0 Å². The van der Waals surface area contributed by atoms with Crippen LogP contribution in [0, 0.1) is 13.8 Å². The number of hydrogen-bond donors (Lipinski definition) is 0. The van der Waals surface area contributed by atoms with Gasteiger partial charge in [-0.25, -0.2) is 0 Å². The summed E-state index contributed by atoms with van der Waals surface area (Å²) in [6, 6.07) is 12.9. The molecule has 2 aromatic rings. The van der Waals surface area contributed by atoms with Gasteiger partial charge >= 0.3 is 0 Å². The van der Waals surface area contributed by atoms with E-state index in [1.54, 1.807) is 11.8 Å². The Bertz CT molecular complexity index is 452. The number of aryl methyl sites for hydroxylation is 2. The molecule has 0 atom stereocenters. The van der Waals surface area contributed by atoms with Gasteiger partial charge in [0, 0.05) is 22.0 Å². The van der Waals surface area contributed by atoms with Crippen LogP contribution >= 0.6 is 11.8 Å². The van der Waals surface area contributed by atoms with Crippen molar-refractivity contribution in [2.75, 3.05) is 6.26 Å². The number of nitrogens with zero attached hydrogens (tertiary/aromatic N) is 1. The lowest BCUT2D eigenvalue weighted by Crippen LogP contribution is -1.98. The lowest BCUT2D eigenvalue weighted by Gasteiger charge is -2.10. The van der Waals surface area contributed by atoms with Crippen molar-refractivity contribution in [2.24, 2.45) is 0 Å². The summed E-state index contributed by atoms with van der Waals surface area (Å²) in [7, 11) is 0. The van der Waals surface area contributed by atoms with Crippen LogP contribution in [0.2, 0.25) is 0 Å². The van der Waals surface area contributed by atoms with Crippen molar-refractivity contribution < 1.29 is 0 Å². The third-order valence-corrected chi connectivity index (χ3v) is 3.31. The van der Waals surface area contributed by atoms with E-state index < -0.39 is 0 Å². The first kappa shape index (κ1) is 10.4. The van der Waals surface area contributed by atoms with Crippen LogP contribution in [0.25, 0.3) is 5.69 Å². The topological polar surface area (TPSA) is 4.93 Å². The molecule has 2 rings (SSSR count). The molecule has 0 N–H and O–H groups in total. The Hall–Kier alpha value is -1.15. The van der Waals surface area contributed by atoms with Crippen LogP contribution in [0.4, 0.5) is 0 Å². The molecule has 0 aliphatic heterocycles. The van der Waals surface area contributed by atoms with E-state index in [0.717, 1.165) is 0 Å². The number of thioether (sulfide) groups is 1. The second kappa shape index (κ2) is 4.15. The Labute approximate surface area is 95.1 Å². The van der Waals surface area contributed by atoms with Crippen LogP contribution in [0.5, 0.6) is 0 Å². The molecule has 1 heterocycles. The fraction of sp³-hybridized carbons (Fsp3) is 0.231. The lowest BCUT2D eigenvalue weighted by atomic mass is 10.3. The summed E-state index contributed by atoms with van der Waals surface area (Å²) < 4.78 is 2.28. The smallest absolute Gasteiger partial charge is 0.0466 e. The maximum atomic E-state index is 2.28. The van der Waals surface area contributed by atoms with Gasteiger partial charge in [-0.15, -0.1) is 11.8 Å². The molecule has 0 unspecified atom stereocenters. The van der Waals surface area contributed by atoms with Gasteiger partial charge in [0.15, 0.2) is 0 Å². The van der Waals surface area contributed by atoms with Gasteiger partial charge in [0.2, 0.25) is 0 Å². The molecular formula is C13H15NS. The quantitative estimate of drug-likeness (QED) is 0.692. The van der Waals surface area contributed by atoms with Gasteiger partial charge in [0.1, 0.15) is 0 Å². The molecule has 1 aromatic carbocycles. The number of rotatable bonds is 2. The summed E-state index contributed by atoms with van der Waals surface area (Å²) in [6.07, 6.45) is 2.11. The van der Waals surface area contributed by atoms with Crippen molar-refractivity contribution in [3.8, 4) is 5.69 Å². The summed E-state index contributed by atoms with van der Waals surface area (Å²) in [5.74, 6) is 0. The first-order valence-corrected chi connectivity index (χ1v) is 6.24. The van der Waals surface area contributed by atoms with Crippen LogP contribution in [0.1, 0.15) is 11.4 Å². The summed E-state index contributed by atoms with van der Waals surface area (Å²) in [5, 5.41) is 0. The van der Waals surface area contributed by atoms with E-state index in [9.17, 15) is 0 Å². The molecule has 0 aliphatic rings. The van der Waals surface area contributed by atoms with Crippen molar-refractivity contribution >= 4 is 11.8 Å². The van der Waals surface area contributed by atoms with Gasteiger partial charge in [-0.05, 0) is 50.4 Å². The molecule has 0 saturated heterocycles. The molecule has 78 valence electrons. The molecule has 2 heteroatoms. The lowest BCUT2D eigenvalue weighted by molar-refractivity contribution is 0.961. The average Bonchev–Trinajstić information content (AvgIpc) is 2.59. The molecule has 0 radical (unpaired) electrons. The monoisotopic (exact) mass is 217 g/mol. The van der Waals surface area contributed by atoms with Crippen molar-refractivity contribution in [1.82, 2.24) is 4.57 Å². The van der Waals surface area contributed by atoms with E-state index in [4.69, 9.17) is 0 Å². The molecule has 15 heavy (non-hydrogen) atoms. The van der Waals surface area contributed by atoms with Crippen molar-refractivity contribution in [3.05, 3.63) is 47.8 Å². The number of benzene rings is 1. The minimum atomic E-state index is 1.25. The molecular weight excluding hydrogens is 202 g/mol. The molecule has 0 spiro atoms. The first-order chi connectivity index (χ1) is 7.22. The van der Waals surface area contributed by atoms with E-state index in [2.05, 4.69) is 61.1 Å². The van der Waals surface area contributed by atoms with E-state index in [-0.39, 0.29) is 0 Å². The summed E-state index contributed by atoms with van der Waals surface area (Å²) >= 11 is 1.78. The molecule has 0 aliphatic carbocycles. The largest absolute Gasteiger partial charge is 0.318 e. The van der Waals surface area contributed by atoms with Crippen molar-refractivity contribution in [3.63, 3.8) is 0 Å². The van der Waals surface area contributed by atoms with Gasteiger partial charge in [-0.3, -0.25) is 0 Å². The number of hydrogen-bond acceptors (Lipinski definition) is 1. The fourth-order valence-electron chi connectivity index (χ4n) is 1.83. The molecule has 0 amide bonds. The third-order valence-electron chi connectivity index (χ3n) is 2.58. The average molecular weight is 217 g/mol. The highest BCUT2D eigenvalue weighted by Gasteiger charge is 2.03. The Morgan fingerprint density at radius 2 is 1.67 bits per heavy atom. The highest BCUT2D eigenvalue weighted by molar-refractivity contribution is 7.98. The zero-order chi connectivity index (χ0) is 10.8. The van der Waals surface area contributed by atoms with E-state index >= 15 is 0 Å². The summed E-state index contributed by atoms with van der Waals surface area (Å²) in [6.45, 7) is 4.28. The maximum Gasteiger partial charge on any atom is 0.0466 e. The fourth-order valence-corrected chi connectivity index (χ4v) is 2.28. The van der Waals surface area contributed by atoms with Crippen molar-refractivity contribution in [1.29, 1.82) is 0 Å². The van der Waals surface area contributed by atoms with Gasteiger partial charge in [0.25, 0.3) is 0 Å². The normalized spacial score (nSPS) is 10.6. The summed E-state index contributed by atoms with van der Waals surface area (Å²) in [5.41, 5.74) is 3.82. The second-order valence-corrected chi connectivity index (χ2v) is 4.53. The first-order valence-electron chi connectivity index (χ1n) is 5.02. The van der Waals surface area contributed by atoms with Crippen LogP contribution in [-0.2, 0) is 0 Å². The number of aromatic nitrogens is 1. The predicted molar refractivity (Wildman–Crippen MR) is 67.0 cm³/mol. The van der Waals surface area contributed by atoms with Gasteiger partial charge < -0.3 is 4.57 Å². The predicted octanol–water partition coefficient (Wildman–Crippen LogP) is 3.82. The summed E-state index contributed by atoms with van der Waals surface area (Å²) in [4.78, 5) is 1.31. The molecule has 0 bridgehead atoms. The Balaban J connectivity index is 2.53. The third kappa shape index (κ3) is 1.95. The van der Waals surface area contributed by atoms with Crippen LogP contribution in [0.3, 0.4) is 0 Å². The van der Waals surface area contributed by atoms with E-state index in [1.165, 1.54) is 22.0 Å². The minimum absolute atomic E-state index is 1.25. The highest BCUT2D eigenvalue weighted by atomic mass is 32.2. The Morgan fingerprint density at radius 3 is 2.27 bits per heavy atom. The van der Waals surface area contributed by atoms with E-state index in [1.807, 2.05) is 0 Å². The SMILES string of the molecule is CSc1cccc(-n2c(C)ccc2C)c1. The molecule has 1 nitrogen and oxygen atoms in total. The van der Waals surface area contributed by atoms with Gasteiger partial charge in [-0.2, -0.15) is 0 Å². The van der Waals surface area contributed by atoms with Crippen LogP contribution < -0.4 is 0 Å². The van der Waals surface area contributed by atoms with Crippen LogP contribution in [-0.4, -0.2) is 10.8 Å². The second-order valence-electron chi connectivity index (χ2n) is 3.65. The van der Waals surface area contributed by atoms with Crippen LogP contribution in [0.15, 0.2) is 41.3 Å². The van der Waals surface area contributed by atoms with Gasteiger partial charge in [-0.1, -0.05) is 6.07 Å². The van der Waals surface area contributed by atoms with Crippen molar-refractivity contribution in [2.45, 2.75) is 18.7 Å². The maximum absolute atomic E-state index is 2.28. The highest BCUT2D eigenvalue weighted by Crippen LogP contribution is 2.21. The Morgan fingerprint density at radius 1 is 1.00 bits per heavy atom. The minimum Gasteiger partial charge on any atom is -0.318 e. The molecule has 1 aromatic heterocycles. The Kier molecular flexibility index (Phi) is 2.87. The van der Waals surface area contributed by atoms with Gasteiger partial charge in [0.05, 0.1) is 0 Å². The zero-order valence-electron chi connectivity index (χ0n) is 9.32. The zero-order valence-corrected chi connectivity index (χ0v) is 10.1.